The van der Waals surface area contributed by atoms with Gasteiger partial charge in [-0.15, -0.1) is 0 Å². The van der Waals surface area contributed by atoms with E-state index >= 15 is 0 Å². The summed E-state index contributed by atoms with van der Waals surface area (Å²) in [6, 6.07) is 0.410. The number of rotatable bonds is 5. The number of nitrogens with one attached hydrogen (secondary N) is 1. The van der Waals surface area contributed by atoms with Crippen LogP contribution in [0.4, 0.5) is 0 Å². The van der Waals surface area contributed by atoms with Gasteiger partial charge in [-0.2, -0.15) is 10.2 Å². The summed E-state index contributed by atoms with van der Waals surface area (Å²) >= 11 is 0. The third-order valence-electron chi connectivity index (χ3n) is 3.29. The second-order valence-corrected chi connectivity index (χ2v) is 5.33. The molecule has 2 rings (SSSR count). The summed E-state index contributed by atoms with van der Waals surface area (Å²) in [7, 11) is 1.95. The number of hydrogen-bond donors (Lipinski definition) is 1. The largest absolute Gasteiger partial charge is 0.308 e. The molecule has 0 aliphatic carbocycles. The smallest absolute Gasteiger partial charge is 0.0638 e. The zero-order chi connectivity index (χ0) is 14.0. The minimum atomic E-state index is 0.410. The Bertz CT molecular complexity index is 550. The highest BCUT2D eigenvalue weighted by Crippen LogP contribution is 2.11. The molecule has 5 heteroatoms. The fraction of sp³-hybridized carbons (Fsp3) is 0.571. The summed E-state index contributed by atoms with van der Waals surface area (Å²) in [5, 5.41) is 12.3. The first-order valence-electron chi connectivity index (χ1n) is 6.72. The molecule has 0 radical (unpaired) electrons. The van der Waals surface area contributed by atoms with Crippen LogP contribution in [0.1, 0.15) is 42.4 Å². The Labute approximate surface area is 114 Å². The van der Waals surface area contributed by atoms with Crippen molar-refractivity contribution in [3.63, 3.8) is 0 Å². The Morgan fingerprint density at radius 1 is 1.05 bits per heavy atom. The zero-order valence-corrected chi connectivity index (χ0v) is 12.4. The van der Waals surface area contributed by atoms with Gasteiger partial charge in [-0.3, -0.25) is 9.36 Å². The fourth-order valence-electron chi connectivity index (χ4n) is 2.11. The van der Waals surface area contributed by atoms with E-state index in [2.05, 4.69) is 48.7 Å². The van der Waals surface area contributed by atoms with Crippen LogP contribution in [0.15, 0.2) is 12.4 Å². The average Bonchev–Trinajstić information content (AvgIpc) is 2.83. The van der Waals surface area contributed by atoms with E-state index in [1.807, 2.05) is 23.3 Å². The summed E-state index contributed by atoms with van der Waals surface area (Å²) < 4.78 is 3.87. The van der Waals surface area contributed by atoms with Gasteiger partial charge in [0, 0.05) is 49.7 Å². The van der Waals surface area contributed by atoms with Crippen LogP contribution in [-0.4, -0.2) is 19.6 Å². The van der Waals surface area contributed by atoms with E-state index < -0.39 is 0 Å². The van der Waals surface area contributed by atoms with Crippen molar-refractivity contribution in [2.45, 2.75) is 46.8 Å². The van der Waals surface area contributed by atoms with Gasteiger partial charge >= 0.3 is 0 Å². The molecule has 2 heterocycles. The monoisotopic (exact) mass is 261 g/mol. The first-order valence-corrected chi connectivity index (χ1v) is 6.72. The van der Waals surface area contributed by atoms with Crippen LogP contribution in [0.25, 0.3) is 0 Å². The molecule has 1 N–H and O–H groups in total. The van der Waals surface area contributed by atoms with Gasteiger partial charge in [0.25, 0.3) is 0 Å². The van der Waals surface area contributed by atoms with Crippen molar-refractivity contribution in [2.24, 2.45) is 7.05 Å². The molecule has 0 saturated heterocycles. The number of hydrogen-bond acceptors (Lipinski definition) is 3. The first kappa shape index (κ1) is 13.8. The molecule has 2 aromatic rings. The lowest BCUT2D eigenvalue weighted by Crippen LogP contribution is -2.13. The molecule has 0 atom stereocenters. The number of aromatic nitrogens is 4. The van der Waals surface area contributed by atoms with Crippen molar-refractivity contribution in [1.82, 2.24) is 24.9 Å². The SMILES string of the molecule is Cc1nn(C)cc1CNCc1cn(C(C)C)nc1C. The summed E-state index contributed by atoms with van der Waals surface area (Å²) in [4.78, 5) is 0. The Morgan fingerprint density at radius 2 is 1.63 bits per heavy atom. The summed E-state index contributed by atoms with van der Waals surface area (Å²) in [5.74, 6) is 0. The lowest BCUT2D eigenvalue weighted by atomic mass is 10.2. The summed E-state index contributed by atoms with van der Waals surface area (Å²) in [6.07, 6.45) is 4.19. The molecular weight excluding hydrogens is 238 g/mol. The lowest BCUT2D eigenvalue weighted by molar-refractivity contribution is 0.528. The zero-order valence-electron chi connectivity index (χ0n) is 12.4. The molecule has 0 bridgehead atoms. The molecule has 0 spiro atoms. The van der Waals surface area contributed by atoms with Gasteiger partial charge < -0.3 is 5.32 Å². The third-order valence-corrected chi connectivity index (χ3v) is 3.29. The van der Waals surface area contributed by atoms with E-state index in [0.29, 0.717) is 6.04 Å². The molecule has 0 aliphatic rings. The average molecular weight is 261 g/mol. The van der Waals surface area contributed by atoms with E-state index in [1.54, 1.807) is 0 Å². The Balaban J connectivity index is 1.94. The summed E-state index contributed by atoms with van der Waals surface area (Å²) in [5.41, 5.74) is 4.69. The molecule has 0 fully saturated rings. The molecular formula is C14H23N5. The van der Waals surface area contributed by atoms with Gasteiger partial charge in [0.05, 0.1) is 11.4 Å². The maximum atomic E-state index is 4.52. The molecule has 0 aliphatic heterocycles. The van der Waals surface area contributed by atoms with Crippen LogP contribution in [0.5, 0.6) is 0 Å². The Hall–Kier alpha value is -1.62. The highest BCUT2D eigenvalue weighted by molar-refractivity contribution is 5.17. The molecule has 104 valence electrons. The molecule has 0 aromatic carbocycles. The van der Waals surface area contributed by atoms with Gasteiger partial charge in [-0.05, 0) is 27.7 Å². The maximum Gasteiger partial charge on any atom is 0.0638 e. The molecule has 5 nitrogen and oxygen atoms in total. The van der Waals surface area contributed by atoms with Gasteiger partial charge in [-0.1, -0.05) is 0 Å². The van der Waals surface area contributed by atoms with Gasteiger partial charge in [0.1, 0.15) is 0 Å². The normalized spacial score (nSPS) is 11.5. The van der Waals surface area contributed by atoms with Crippen LogP contribution < -0.4 is 5.32 Å². The summed E-state index contributed by atoms with van der Waals surface area (Å²) in [6.45, 7) is 10.1. The van der Waals surface area contributed by atoms with E-state index in [9.17, 15) is 0 Å². The van der Waals surface area contributed by atoms with Crippen molar-refractivity contribution >= 4 is 0 Å². The van der Waals surface area contributed by atoms with Crippen molar-refractivity contribution < 1.29 is 0 Å². The maximum absolute atomic E-state index is 4.52. The molecule has 0 unspecified atom stereocenters. The topological polar surface area (TPSA) is 47.7 Å². The molecule has 19 heavy (non-hydrogen) atoms. The molecule has 2 aromatic heterocycles. The first-order chi connectivity index (χ1) is 8.97. The van der Waals surface area contributed by atoms with Gasteiger partial charge in [-0.25, -0.2) is 0 Å². The number of nitrogens with zero attached hydrogens (tertiary/aromatic N) is 4. The Morgan fingerprint density at radius 3 is 2.11 bits per heavy atom. The minimum absolute atomic E-state index is 0.410. The van der Waals surface area contributed by atoms with E-state index in [-0.39, 0.29) is 0 Å². The minimum Gasteiger partial charge on any atom is -0.308 e. The highest BCUT2D eigenvalue weighted by atomic mass is 15.3. The van der Waals surface area contributed by atoms with Gasteiger partial charge in [0.2, 0.25) is 0 Å². The second kappa shape index (κ2) is 5.57. The van der Waals surface area contributed by atoms with Crippen LogP contribution in [0.3, 0.4) is 0 Å². The highest BCUT2D eigenvalue weighted by Gasteiger charge is 2.07. The standard InChI is InChI=1S/C14H23N5/c1-10(2)19-9-14(12(4)17-19)7-15-6-13-8-18(5)16-11(13)3/h8-10,15H,6-7H2,1-5H3. The van der Waals surface area contributed by atoms with Crippen LogP contribution in [-0.2, 0) is 20.1 Å². The lowest BCUT2D eigenvalue weighted by Gasteiger charge is -2.04. The number of aryl methyl sites for hydroxylation is 3. The van der Waals surface area contributed by atoms with Crippen LogP contribution in [0.2, 0.25) is 0 Å². The fourth-order valence-corrected chi connectivity index (χ4v) is 2.11. The van der Waals surface area contributed by atoms with E-state index in [4.69, 9.17) is 0 Å². The second-order valence-electron chi connectivity index (χ2n) is 5.33. The van der Waals surface area contributed by atoms with Crippen LogP contribution in [0, 0.1) is 13.8 Å². The quantitative estimate of drug-likeness (QED) is 0.896. The van der Waals surface area contributed by atoms with Crippen molar-refractivity contribution in [2.75, 3.05) is 0 Å². The van der Waals surface area contributed by atoms with Crippen molar-refractivity contribution in [3.05, 3.63) is 34.9 Å². The van der Waals surface area contributed by atoms with Crippen LogP contribution >= 0.6 is 0 Å². The van der Waals surface area contributed by atoms with Gasteiger partial charge in [0.15, 0.2) is 0 Å². The third kappa shape index (κ3) is 3.23. The van der Waals surface area contributed by atoms with E-state index in [1.165, 1.54) is 11.1 Å². The van der Waals surface area contributed by atoms with E-state index in [0.717, 1.165) is 24.5 Å². The predicted octanol–water partition coefficient (Wildman–Crippen LogP) is 2.10. The molecule has 0 saturated carbocycles. The molecule has 0 amide bonds. The Kier molecular flexibility index (Phi) is 4.04. The predicted molar refractivity (Wildman–Crippen MR) is 75.8 cm³/mol. The van der Waals surface area contributed by atoms with Crippen molar-refractivity contribution in [1.29, 1.82) is 0 Å². The van der Waals surface area contributed by atoms with Crippen molar-refractivity contribution in [3.8, 4) is 0 Å².